The maximum atomic E-state index is 10.9. The van der Waals surface area contributed by atoms with Gasteiger partial charge in [0.2, 0.25) is 5.88 Å². The monoisotopic (exact) mass is 248 g/mol. The Morgan fingerprint density at radius 2 is 2.46 bits per heavy atom. The fourth-order valence-corrected chi connectivity index (χ4v) is 0.929. The molecule has 0 fully saturated rings. The molecular weight excluding hydrogens is 244 g/mol. The second kappa shape index (κ2) is 4.04. The number of aromatic amines is 1. The standard InChI is InChI=1S/C6H5BrN2O4/c7-4-5(12)8-2-9-6(4)13-1-3(10)11/h2H,1H2,(H,10,11)(H,8,9,12). The molecule has 0 unspecified atom stereocenters. The van der Waals surface area contributed by atoms with Crippen LogP contribution in [0.1, 0.15) is 0 Å². The Labute approximate surface area is 80.7 Å². The van der Waals surface area contributed by atoms with Gasteiger partial charge in [-0.25, -0.2) is 9.78 Å². The van der Waals surface area contributed by atoms with E-state index in [2.05, 4.69) is 25.9 Å². The number of carboxylic acid groups (broad SMARTS) is 1. The Hall–Kier alpha value is -1.37. The van der Waals surface area contributed by atoms with E-state index in [1.54, 1.807) is 0 Å². The third-order valence-corrected chi connectivity index (χ3v) is 1.80. The lowest BCUT2D eigenvalue weighted by Crippen LogP contribution is -2.14. The molecule has 70 valence electrons. The second-order valence-electron chi connectivity index (χ2n) is 2.03. The fraction of sp³-hybridized carbons (Fsp3) is 0.167. The van der Waals surface area contributed by atoms with Crippen molar-refractivity contribution in [3.8, 4) is 5.88 Å². The number of aromatic nitrogens is 2. The van der Waals surface area contributed by atoms with Crippen LogP contribution in [-0.2, 0) is 4.79 Å². The molecule has 0 saturated carbocycles. The van der Waals surface area contributed by atoms with E-state index in [9.17, 15) is 9.59 Å². The fourth-order valence-electron chi connectivity index (χ4n) is 0.597. The molecule has 0 bridgehead atoms. The van der Waals surface area contributed by atoms with Crippen molar-refractivity contribution in [2.75, 3.05) is 6.61 Å². The van der Waals surface area contributed by atoms with Crippen molar-refractivity contribution in [1.29, 1.82) is 0 Å². The van der Waals surface area contributed by atoms with Gasteiger partial charge >= 0.3 is 5.97 Å². The van der Waals surface area contributed by atoms with Crippen LogP contribution in [-0.4, -0.2) is 27.7 Å². The number of H-pyrrole nitrogens is 1. The molecule has 0 aliphatic heterocycles. The summed E-state index contributed by atoms with van der Waals surface area (Å²) in [7, 11) is 0. The lowest BCUT2D eigenvalue weighted by atomic mass is 10.6. The molecule has 1 aromatic rings. The van der Waals surface area contributed by atoms with Crippen LogP contribution >= 0.6 is 15.9 Å². The summed E-state index contributed by atoms with van der Waals surface area (Å²) in [6.45, 7) is -0.533. The Morgan fingerprint density at radius 3 is 3.08 bits per heavy atom. The molecule has 0 spiro atoms. The molecule has 0 aromatic carbocycles. The minimum atomic E-state index is -1.13. The summed E-state index contributed by atoms with van der Waals surface area (Å²) in [5, 5.41) is 8.28. The summed E-state index contributed by atoms with van der Waals surface area (Å²) in [5.41, 5.74) is -0.421. The normalized spacial score (nSPS) is 9.62. The van der Waals surface area contributed by atoms with Crippen LogP contribution < -0.4 is 10.3 Å². The van der Waals surface area contributed by atoms with Gasteiger partial charge in [-0.2, -0.15) is 0 Å². The van der Waals surface area contributed by atoms with Gasteiger partial charge in [-0.15, -0.1) is 0 Å². The number of carbonyl (C=O) groups is 1. The van der Waals surface area contributed by atoms with Gasteiger partial charge in [0.15, 0.2) is 6.61 Å². The van der Waals surface area contributed by atoms with Crippen molar-refractivity contribution in [3.05, 3.63) is 21.2 Å². The summed E-state index contributed by atoms with van der Waals surface area (Å²) in [6, 6.07) is 0. The van der Waals surface area contributed by atoms with Gasteiger partial charge in [-0.1, -0.05) is 0 Å². The zero-order chi connectivity index (χ0) is 9.84. The smallest absolute Gasteiger partial charge is 0.341 e. The van der Waals surface area contributed by atoms with Crippen LogP contribution in [0.15, 0.2) is 15.6 Å². The van der Waals surface area contributed by atoms with Crippen LogP contribution in [0.3, 0.4) is 0 Å². The molecule has 1 aromatic heterocycles. The Kier molecular flexibility index (Phi) is 3.02. The predicted molar refractivity (Wildman–Crippen MR) is 45.7 cm³/mol. The van der Waals surface area contributed by atoms with Gasteiger partial charge in [0.25, 0.3) is 5.56 Å². The number of nitrogens with one attached hydrogen (secondary N) is 1. The molecule has 0 radical (unpaired) electrons. The second-order valence-corrected chi connectivity index (χ2v) is 2.83. The molecule has 1 heterocycles. The maximum Gasteiger partial charge on any atom is 0.341 e. The first-order valence-corrected chi connectivity index (χ1v) is 3.98. The highest BCUT2D eigenvalue weighted by Crippen LogP contribution is 2.15. The largest absolute Gasteiger partial charge is 0.479 e. The van der Waals surface area contributed by atoms with Crippen molar-refractivity contribution in [1.82, 2.24) is 9.97 Å². The zero-order valence-electron chi connectivity index (χ0n) is 6.28. The van der Waals surface area contributed by atoms with E-state index in [1.807, 2.05) is 0 Å². The summed E-state index contributed by atoms with van der Waals surface area (Å²) < 4.78 is 4.78. The first-order chi connectivity index (χ1) is 6.11. The van der Waals surface area contributed by atoms with Crippen LogP contribution in [0.4, 0.5) is 0 Å². The molecule has 6 nitrogen and oxygen atoms in total. The van der Waals surface area contributed by atoms with E-state index >= 15 is 0 Å². The lowest BCUT2D eigenvalue weighted by molar-refractivity contribution is -0.139. The van der Waals surface area contributed by atoms with E-state index in [0.29, 0.717) is 0 Å². The highest BCUT2D eigenvalue weighted by atomic mass is 79.9. The number of aliphatic carboxylic acids is 1. The molecule has 7 heteroatoms. The van der Waals surface area contributed by atoms with Gasteiger partial charge in [0.05, 0.1) is 6.33 Å². The van der Waals surface area contributed by atoms with E-state index in [0.717, 1.165) is 6.33 Å². The summed E-state index contributed by atoms with van der Waals surface area (Å²) in [6.07, 6.45) is 1.13. The number of nitrogens with zero attached hydrogens (tertiary/aromatic N) is 1. The number of halogens is 1. The summed E-state index contributed by atoms with van der Waals surface area (Å²) >= 11 is 2.91. The average molecular weight is 249 g/mol. The number of ether oxygens (including phenoxy) is 1. The van der Waals surface area contributed by atoms with Gasteiger partial charge in [0.1, 0.15) is 4.47 Å². The Balaban J connectivity index is 2.83. The van der Waals surface area contributed by atoms with Gasteiger partial charge < -0.3 is 14.8 Å². The molecule has 0 saturated heterocycles. The number of hydrogen-bond donors (Lipinski definition) is 2. The van der Waals surface area contributed by atoms with Gasteiger partial charge in [-0.05, 0) is 15.9 Å². The van der Waals surface area contributed by atoms with Crippen LogP contribution in [0.25, 0.3) is 0 Å². The minimum Gasteiger partial charge on any atom is -0.479 e. The van der Waals surface area contributed by atoms with E-state index in [4.69, 9.17) is 9.84 Å². The molecule has 0 atom stereocenters. The van der Waals surface area contributed by atoms with Crippen molar-refractivity contribution in [2.24, 2.45) is 0 Å². The molecule has 13 heavy (non-hydrogen) atoms. The highest BCUT2D eigenvalue weighted by Gasteiger charge is 2.07. The molecule has 0 aliphatic rings. The van der Waals surface area contributed by atoms with Crippen molar-refractivity contribution >= 4 is 21.9 Å². The Bertz CT molecular complexity index is 375. The summed E-state index contributed by atoms with van der Waals surface area (Å²) in [4.78, 5) is 26.9. The van der Waals surface area contributed by atoms with E-state index in [-0.39, 0.29) is 10.4 Å². The third kappa shape index (κ3) is 2.55. The van der Waals surface area contributed by atoms with E-state index < -0.39 is 18.1 Å². The van der Waals surface area contributed by atoms with Crippen molar-refractivity contribution in [3.63, 3.8) is 0 Å². The third-order valence-electron chi connectivity index (χ3n) is 1.10. The molecule has 0 aliphatic carbocycles. The van der Waals surface area contributed by atoms with E-state index in [1.165, 1.54) is 0 Å². The van der Waals surface area contributed by atoms with Crippen molar-refractivity contribution in [2.45, 2.75) is 0 Å². The zero-order valence-corrected chi connectivity index (χ0v) is 7.87. The quantitative estimate of drug-likeness (QED) is 0.786. The van der Waals surface area contributed by atoms with Crippen molar-refractivity contribution < 1.29 is 14.6 Å². The number of carboxylic acids is 1. The number of rotatable bonds is 3. The molecule has 1 rings (SSSR count). The predicted octanol–water partition coefficient (Wildman–Crippen LogP) is -0.00420. The highest BCUT2D eigenvalue weighted by molar-refractivity contribution is 9.10. The lowest BCUT2D eigenvalue weighted by Gasteiger charge is -2.01. The van der Waals surface area contributed by atoms with Crippen LogP contribution in [0, 0.1) is 0 Å². The Morgan fingerprint density at radius 1 is 1.77 bits per heavy atom. The van der Waals surface area contributed by atoms with Gasteiger partial charge in [-0.3, -0.25) is 4.79 Å². The molecule has 2 N–H and O–H groups in total. The first-order valence-electron chi connectivity index (χ1n) is 3.19. The molecular formula is C6H5BrN2O4. The summed E-state index contributed by atoms with van der Waals surface area (Å²) in [5.74, 6) is -1.17. The maximum absolute atomic E-state index is 10.9. The van der Waals surface area contributed by atoms with Crippen LogP contribution in [0.5, 0.6) is 5.88 Å². The SMILES string of the molecule is O=C(O)COc1nc[nH]c(=O)c1Br. The average Bonchev–Trinajstić information content (AvgIpc) is 2.07. The van der Waals surface area contributed by atoms with Gasteiger partial charge in [0, 0.05) is 0 Å². The molecule has 0 amide bonds. The first kappa shape index (κ1) is 9.72. The topological polar surface area (TPSA) is 92.3 Å². The van der Waals surface area contributed by atoms with Crippen LogP contribution in [0.2, 0.25) is 0 Å². The minimum absolute atomic E-state index is 0.0360. The number of hydrogen-bond acceptors (Lipinski definition) is 4.